The van der Waals surface area contributed by atoms with E-state index in [4.69, 9.17) is 31.3 Å². The summed E-state index contributed by atoms with van der Waals surface area (Å²) in [5.41, 5.74) is 2.07. The lowest BCUT2D eigenvalue weighted by molar-refractivity contribution is -0.139. The van der Waals surface area contributed by atoms with E-state index in [1.165, 1.54) is 0 Å². The van der Waals surface area contributed by atoms with Crippen LogP contribution in [0.1, 0.15) is 34.1 Å². The molecule has 0 atom stereocenters. The van der Waals surface area contributed by atoms with Crippen molar-refractivity contribution >= 4 is 23.6 Å². The zero-order valence-electron chi connectivity index (χ0n) is 18.5. The van der Waals surface area contributed by atoms with Crippen LogP contribution in [0.15, 0.2) is 24.4 Å². The standard InChI is InChI=1S/C10H20O5Si.C8H18O3Si/c1-9(2)10(11)15-7-6-8-16(12-3,13-4)14-5;1-5-9-12(8-4,10-6-2)11-7-3/h1,6-8H2,2-5H3;8H,4-7H2,1-3H3. The summed E-state index contributed by atoms with van der Waals surface area (Å²) in [5.74, 6) is -0.375. The molecule has 10 heteroatoms. The SMILES string of the molecule is C=C(C)C(=O)OCCC[Si](OC)(OC)OC.C=C[Si](OCC)(OCC)OCC. The number of ether oxygens (including phenoxy) is 1. The molecule has 0 saturated carbocycles. The third-order valence-corrected chi connectivity index (χ3v) is 8.83. The van der Waals surface area contributed by atoms with Gasteiger partial charge in [0.1, 0.15) is 0 Å². The first-order valence-electron chi connectivity index (χ1n) is 9.29. The lowest BCUT2D eigenvalue weighted by Crippen LogP contribution is -2.44. The lowest BCUT2D eigenvalue weighted by atomic mass is 10.4. The number of hydrogen-bond donors (Lipinski definition) is 0. The van der Waals surface area contributed by atoms with Gasteiger partial charge in [0.15, 0.2) is 0 Å². The second-order valence-electron chi connectivity index (χ2n) is 5.42. The third kappa shape index (κ3) is 11.9. The van der Waals surface area contributed by atoms with E-state index in [1.54, 1.807) is 34.0 Å². The molecule has 0 aliphatic carbocycles. The maximum atomic E-state index is 11.1. The number of carbonyl (C=O) groups is 1. The Bertz CT molecular complexity index is 416. The van der Waals surface area contributed by atoms with Gasteiger partial charge < -0.3 is 31.3 Å². The van der Waals surface area contributed by atoms with Crippen LogP contribution in [0.25, 0.3) is 0 Å². The van der Waals surface area contributed by atoms with E-state index < -0.39 is 17.6 Å². The normalized spacial score (nSPS) is 11.4. The summed E-state index contributed by atoms with van der Waals surface area (Å²) in [6, 6.07) is 0.611. The van der Waals surface area contributed by atoms with Crippen LogP contribution in [0.5, 0.6) is 0 Å². The highest BCUT2D eigenvalue weighted by Crippen LogP contribution is 2.15. The van der Waals surface area contributed by atoms with Gasteiger partial charge in [0.2, 0.25) is 0 Å². The molecule has 8 nitrogen and oxygen atoms in total. The van der Waals surface area contributed by atoms with Crippen LogP contribution < -0.4 is 0 Å². The van der Waals surface area contributed by atoms with Crippen molar-refractivity contribution in [3.05, 3.63) is 24.4 Å². The molecule has 0 saturated heterocycles. The Balaban J connectivity index is 0. The molecular formula is C18H38O8Si2. The molecule has 0 N–H and O–H groups in total. The fourth-order valence-corrected chi connectivity index (χ4v) is 5.54. The second kappa shape index (κ2) is 17.0. The molecule has 0 spiro atoms. The minimum Gasteiger partial charge on any atom is -0.462 e. The highest BCUT2D eigenvalue weighted by atomic mass is 28.4. The monoisotopic (exact) mass is 438 g/mol. The molecule has 0 bridgehead atoms. The summed E-state index contributed by atoms with van der Waals surface area (Å²) in [7, 11) is -0.372. The highest BCUT2D eigenvalue weighted by Gasteiger charge is 2.37. The van der Waals surface area contributed by atoms with Crippen molar-refractivity contribution in [2.45, 2.75) is 40.2 Å². The van der Waals surface area contributed by atoms with E-state index in [2.05, 4.69) is 13.2 Å². The minimum absolute atomic E-state index is 0.316. The van der Waals surface area contributed by atoms with E-state index >= 15 is 0 Å². The van der Waals surface area contributed by atoms with Crippen LogP contribution in [-0.2, 0) is 36.1 Å². The van der Waals surface area contributed by atoms with E-state index in [0.717, 1.165) is 0 Å². The van der Waals surface area contributed by atoms with Crippen molar-refractivity contribution in [1.82, 2.24) is 0 Å². The lowest BCUT2D eigenvalue weighted by Gasteiger charge is -2.24. The maximum absolute atomic E-state index is 11.1. The van der Waals surface area contributed by atoms with Gasteiger partial charge in [-0.05, 0) is 39.8 Å². The van der Waals surface area contributed by atoms with Crippen LogP contribution in [0.4, 0.5) is 0 Å². The maximum Gasteiger partial charge on any atom is 0.528 e. The summed E-state index contributed by atoms with van der Waals surface area (Å²) >= 11 is 0. The molecule has 166 valence electrons. The van der Waals surface area contributed by atoms with Gasteiger partial charge in [0.05, 0.1) is 6.61 Å². The molecule has 0 fully saturated rings. The molecule has 28 heavy (non-hydrogen) atoms. The average Bonchev–Trinajstić information content (AvgIpc) is 2.69. The van der Waals surface area contributed by atoms with Gasteiger partial charge in [-0.15, -0.1) is 0 Å². The summed E-state index contributed by atoms with van der Waals surface area (Å²) in [5, 5.41) is 0. The quantitative estimate of drug-likeness (QED) is 0.167. The Morgan fingerprint density at radius 2 is 1.36 bits per heavy atom. The van der Waals surface area contributed by atoms with Crippen molar-refractivity contribution in [1.29, 1.82) is 0 Å². The molecular weight excluding hydrogens is 400 g/mol. The topological polar surface area (TPSA) is 81.7 Å². The first kappa shape index (κ1) is 29.3. The van der Waals surface area contributed by atoms with E-state index in [9.17, 15) is 4.79 Å². The van der Waals surface area contributed by atoms with Crippen LogP contribution in [-0.4, -0.2) is 71.3 Å². The predicted octanol–water partition coefficient (Wildman–Crippen LogP) is 3.13. The largest absolute Gasteiger partial charge is 0.528 e. The van der Waals surface area contributed by atoms with Gasteiger partial charge in [0.25, 0.3) is 0 Å². The van der Waals surface area contributed by atoms with Crippen molar-refractivity contribution in [2.24, 2.45) is 0 Å². The van der Waals surface area contributed by atoms with Gasteiger partial charge in [-0.3, -0.25) is 0 Å². The molecule has 0 aliphatic rings. The zero-order chi connectivity index (χ0) is 22.1. The van der Waals surface area contributed by atoms with Crippen molar-refractivity contribution in [3.8, 4) is 0 Å². The van der Waals surface area contributed by atoms with E-state index in [1.807, 2.05) is 20.8 Å². The molecule has 0 rings (SSSR count). The summed E-state index contributed by atoms with van der Waals surface area (Å²) in [6.07, 6.45) is 0.640. The number of esters is 1. The van der Waals surface area contributed by atoms with E-state index in [-0.39, 0.29) is 5.97 Å². The van der Waals surface area contributed by atoms with Gasteiger partial charge in [-0.1, -0.05) is 13.2 Å². The molecule has 0 heterocycles. The minimum atomic E-state index is -2.53. The fraction of sp³-hybridized carbons (Fsp3) is 0.722. The summed E-state index contributed by atoms with van der Waals surface area (Å²) in [6.45, 7) is 16.6. The molecule has 0 aromatic carbocycles. The average molecular weight is 439 g/mol. The zero-order valence-corrected chi connectivity index (χ0v) is 20.5. The van der Waals surface area contributed by atoms with Gasteiger partial charge in [0, 0.05) is 52.8 Å². The Hall–Kier alpha value is -0.856. The summed E-state index contributed by atoms with van der Waals surface area (Å²) in [4.78, 5) is 11.1. The second-order valence-corrected chi connectivity index (χ2v) is 11.0. The molecule has 0 amide bonds. The van der Waals surface area contributed by atoms with Gasteiger partial charge in [-0.2, -0.15) is 0 Å². The van der Waals surface area contributed by atoms with Crippen LogP contribution in [0, 0.1) is 0 Å². The van der Waals surface area contributed by atoms with Crippen molar-refractivity contribution in [3.63, 3.8) is 0 Å². The predicted molar refractivity (Wildman–Crippen MR) is 113 cm³/mol. The Morgan fingerprint density at radius 1 is 0.929 bits per heavy atom. The number of carbonyl (C=O) groups excluding carboxylic acids is 1. The number of rotatable bonds is 15. The van der Waals surface area contributed by atoms with Gasteiger partial charge >= 0.3 is 23.6 Å². The first-order valence-corrected chi connectivity index (χ1v) is 13.0. The van der Waals surface area contributed by atoms with Gasteiger partial charge in [-0.25, -0.2) is 4.79 Å². The molecule has 0 unspecified atom stereocenters. The third-order valence-electron chi connectivity index (χ3n) is 3.43. The van der Waals surface area contributed by atoms with Crippen molar-refractivity contribution < 1.29 is 36.1 Å². The van der Waals surface area contributed by atoms with Crippen LogP contribution in [0.3, 0.4) is 0 Å². The Labute approximate surface area is 172 Å². The van der Waals surface area contributed by atoms with Crippen LogP contribution in [0.2, 0.25) is 6.04 Å². The highest BCUT2D eigenvalue weighted by molar-refractivity contribution is 6.66. The Morgan fingerprint density at radius 3 is 1.64 bits per heavy atom. The fourth-order valence-electron chi connectivity index (χ4n) is 2.04. The van der Waals surface area contributed by atoms with Crippen molar-refractivity contribution in [2.75, 3.05) is 47.8 Å². The molecule has 0 radical (unpaired) electrons. The first-order chi connectivity index (χ1) is 13.3. The smallest absolute Gasteiger partial charge is 0.462 e. The Kier molecular flexibility index (Phi) is 17.9. The summed E-state index contributed by atoms with van der Waals surface area (Å²) < 4.78 is 36.9. The molecule has 0 aromatic heterocycles. The van der Waals surface area contributed by atoms with Crippen LogP contribution >= 0.6 is 0 Å². The molecule has 0 aliphatic heterocycles. The van der Waals surface area contributed by atoms with E-state index in [0.29, 0.717) is 44.5 Å². The number of hydrogen-bond acceptors (Lipinski definition) is 8. The molecule has 0 aromatic rings.